The van der Waals surface area contributed by atoms with Gasteiger partial charge in [0.1, 0.15) is 11.2 Å². The molecule has 0 bridgehead atoms. The molecule has 1 aliphatic carbocycles. The molecular weight excluding hydrogens is 705 g/mol. The zero-order chi connectivity index (χ0) is 38.5. The van der Waals surface area contributed by atoms with E-state index >= 15 is 0 Å². The van der Waals surface area contributed by atoms with E-state index in [9.17, 15) is 0 Å². The van der Waals surface area contributed by atoms with Crippen LogP contribution in [0.4, 0.5) is 34.1 Å². The Morgan fingerprint density at radius 2 is 0.828 bits per heavy atom. The summed E-state index contributed by atoms with van der Waals surface area (Å²) in [4.78, 5) is 4.81. The molecule has 274 valence electrons. The van der Waals surface area contributed by atoms with Crippen LogP contribution in [0.2, 0.25) is 0 Å². The lowest BCUT2D eigenvalue weighted by Gasteiger charge is -2.36. The molecule has 0 aliphatic heterocycles. The van der Waals surface area contributed by atoms with Gasteiger partial charge in [0.2, 0.25) is 0 Å². The van der Waals surface area contributed by atoms with E-state index in [1.807, 2.05) is 0 Å². The number of anilines is 6. The highest BCUT2D eigenvalue weighted by Crippen LogP contribution is 2.62. The van der Waals surface area contributed by atoms with Crippen molar-refractivity contribution in [1.82, 2.24) is 0 Å². The van der Waals surface area contributed by atoms with E-state index in [1.165, 1.54) is 27.8 Å². The average Bonchev–Trinajstić information content (AvgIpc) is 3.83. The topological polar surface area (TPSA) is 19.6 Å². The van der Waals surface area contributed by atoms with Crippen LogP contribution < -0.4 is 9.80 Å². The molecule has 9 aromatic carbocycles. The van der Waals surface area contributed by atoms with Crippen LogP contribution >= 0.6 is 0 Å². The van der Waals surface area contributed by atoms with Crippen molar-refractivity contribution in [3.05, 3.63) is 253 Å². The lowest BCUT2D eigenvalue weighted by Crippen LogP contribution is -2.29. The number of hydrogen-bond acceptors (Lipinski definition) is 3. The third-order valence-corrected chi connectivity index (χ3v) is 11.7. The summed E-state index contributed by atoms with van der Waals surface area (Å²) in [7, 11) is 0. The molecule has 1 aliphatic rings. The van der Waals surface area contributed by atoms with Crippen LogP contribution in [0.15, 0.2) is 235 Å². The lowest BCUT2D eigenvalue weighted by atomic mass is 9.67. The summed E-state index contributed by atoms with van der Waals surface area (Å²) < 4.78 is 6.98. The fraction of sp³-hybridized carbons (Fsp3) is 0.0182. The molecule has 11 rings (SSSR count). The monoisotopic (exact) mass is 742 g/mol. The van der Waals surface area contributed by atoms with Gasteiger partial charge in [-0.05, 0) is 89.0 Å². The molecule has 0 saturated carbocycles. The second-order valence-corrected chi connectivity index (χ2v) is 14.8. The maximum Gasteiger partial charge on any atom is 0.140 e. The van der Waals surface area contributed by atoms with Gasteiger partial charge in [-0.25, -0.2) is 0 Å². The molecule has 1 heterocycles. The Balaban J connectivity index is 1.34. The van der Waals surface area contributed by atoms with Crippen molar-refractivity contribution in [2.75, 3.05) is 9.80 Å². The average molecular weight is 743 g/mol. The highest BCUT2D eigenvalue weighted by atomic mass is 16.3. The van der Waals surface area contributed by atoms with E-state index in [0.29, 0.717) is 0 Å². The van der Waals surface area contributed by atoms with Crippen LogP contribution in [0.25, 0.3) is 33.1 Å². The van der Waals surface area contributed by atoms with E-state index in [0.717, 1.165) is 61.6 Å². The fourth-order valence-electron chi connectivity index (χ4n) is 9.34. The Labute approximate surface area is 338 Å². The van der Waals surface area contributed by atoms with Crippen LogP contribution in [0, 0.1) is 0 Å². The summed E-state index contributed by atoms with van der Waals surface area (Å²) in [6.45, 7) is 0. The zero-order valence-corrected chi connectivity index (χ0v) is 31.7. The lowest BCUT2D eigenvalue weighted by molar-refractivity contribution is 0.648. The number of nitrogens with zero attached hydrogens (tertiary/aromatic N) is 2. The van der Waals surface area contributed by atoms with Gasteiger partial charge in [0.15, 0.2) is 0 Å². The van der Waals surface area contributed by atoms with E-state index < -0.39 is 5.41 Å². The highest BCUT2D eigenvalue weighted by Gasteiger charge is 2.49. The maximum atomic E-state index is 6.98. The van der Waals surface area contributed by atoms with Crippen molar-refractivity contribution in [3.8, 4) is 11.1 Å². The van der Waals surface area contributed by atoms with Gasteiger partial charge in [0, 0.05) is 50.3 Å². The van der Waals surface area contributed by atoms with E-state index in [1.54, 1.807) is 0 Å². The van der Waals surface area contributed by atoms with Crippen molar-refractivity contribution < 1.29 is 4.42 Å². The molecule has 0 radical (unpaired) electrons. The summed E-state index contributed by atoms with van der Waals surface area (Å²) in [6.07, 6.45) is 0. The van der Waals surface area contributed by atoms with Crippen molar-refractivity contribution in [3.63, 3.8) is 0 Å². The van der Waals surface area contributed by atoms with Crippen molar-refractivity contribution in [2.45, 2.75) is 5.41 Å². The third kappa shape index (κ3) is 5.21. The minimum Gasteiger partial charge on any atom is -0.456 e. The molecule has 1 unspecified atom stereocenters. The molecule has 58 heavy (non-hydrogen) atoms. The standard InChI is InChI=1S/C55H38N2O/c1-6-21-39(22-7-1)55(49-35-20-33-46-45-31-17-19-36-52(45)58-54(46)49)48-34-18-16-32-47(48)53-50(55)37-44(56(40-23-8-2-9-24-40)41-25-10-3-11-26-41)38-51(53)57(42-27-12-4-13-28-42)43-29-14-5-15-30-43/h1-38H. The fourth-order valence-corrected chi connectivity index (χ4v) is 9.34. The summed E-state index contributed by atoms with van der Waals surface area (Å²) in [5.74, 6) is 0. The molecule has 3 heteroatoms. The smallest absolute Gasteiger partial charge is 0.140 e. The van der Waals surface area contributed by atoms with Crippen LogP contribution in [0.5, 0.6) is 0 Å². The molecule has 1 aromatic heterocycles. The predicted molar refractivity (Wildman–Crippen MR) is 240 cm³/mol. The summed E-state index contributed by atoms with van der Waals surface area (Å²) >= 11 is 0. The number of benzene rings is 9. The molecule has 1 atom stereocenters. The quantitative estimate of drug-likeness (QED) is 0.155. The summed E-state index contributed by atoms with van der Waals surface area (Å²) in [5, 5.41) is 2.22. The second-order valence-electron chi connectivity index (χ2n) is 14.8. The molecule has 3 nitrogen and oxygen atoms in total. The normalized spacial score (nSPS) is 14.3. The van der Waals surface area contributed by atoms with Gasteiger partial charge in [0.25, 0.3) is 0 Å². The van der Waals surface area contributed by atoms with E-state index in [2.05, 4.69) is 240 Å². The number of hydrogen-bond donors (Lipinski definition) is 0. The minimum atomic E-state index is -0.760. The zero-order valence-electron chi connectivity index (χ0n) is 31.7. The Bertz CT molecular complexity index is 2970. The van der Waals surface area contributed by atoms with Crippen LogP contribution in [-0.4, -0.2) is 0 Å². The first-order chi connectivity index (χ1) is 28.8. The van der Waals surface area contributed by atoms with Gasteiger partial charge in [-0.3, -0.25) is 0 Å². The van der Waals surface area contributed by atoms with Crippen molar-refractivity contribution >= 4 is 56.1 Å². The molecule has 0 saturated heterocycles. The predicted octanol–water partition coefficient (Wildman–Crippen LogP) is 14.9. The molecule has 0 fully saturated rings. The van der Waals surface area contributed by atoms with Gasteiger partial charge in [0.05, 0.1) is 11.1 Å². The molecule has 0 amide bonds. The molecule has 0 N–H and O–H groups in total. The summed E-state index contributed by atoms with van der Waals surface area (Å²) in [6, 6.07) is 82.9. The number of fused-ring (bicyclic) bond motifs is 6. The van der Waals surface area contributed by atoms with Gasteiger partial charge < -0.3 is 14.2 Å². The van der Waals surface area contributed by atoms with Gasteiger partial charge in [-0.2, -0.15) is 0 Å². The van der Waals surface area contributed by atoms with Gasteiger partial charge >= 0.3 is 0 Å². The Kier molecular flexibility index (Phi) is 8.04. The second kappa shape index (κ2) is 13.8. The van der Waals surface area contributed by atoms with Crippen LogP contribution in [0.1, 0.15) is 22.3 Å². The van der Waals surface area contributed by atoms with Crippen molar-refractivity contribution in [1.29, 1.82) is 0 Å². The highest BCUT2D eigenvalue weighted by molar-refractivity contribution is 6.08. The van der Waals surface area contributed by atoms with E-state index in [-0.39, 0.29) is 0 Å². The number of furan rings is 1. The minimum absolute atomic E-state index is 0.760. The SMILES string of the molecule is c1ccc(N(c2ccccc2)c2cc(N(c3ccccc3)c3ccccc3)c3c(c2)C(c2ccccc2)(c2cccc4c2oc2ccccc24)c2ccccc2-3)cc1. The Morgan fingerprint density at radius 3 is 1.45 bits per heavy atom. The third-order valence-electron chi connectivity index (χ3n) is 11.7. The molecular formula is C55H38N2O. The first kappa shape index (κ1) is 33.7. The van der Waals surface area contributed by atoms with Crippen LogP contribution in [0.3, 0.4) is 0 Å². The summed E-state index contributed by atoms with van der Waals surface area (Å²) in [5.41, 5.74) is 14.5. The molecule has 10 aromatic rings. The van der Waals surface area contributed by atoms with Gasteiger partial charge in [-0.15, -0.1) is 0 Å². The molecule has 0 spiro atoms. The maximum absolute atomic E-state index is 6.98. The number of para-hydroxylation sites is 6. The van der Waals surface area contributed by atoms with Crippen LogP contribution in [-0.2, 0) is 5.41 Å². The number of rotatable bonds is 8. The largest absolute Gasteiger partial charge is 0.456 e. The first-order valence-electron chi connectivity index (χ1n) is 19.9. The Hall–Kier alpha value is -7.62. The first-order valence-corrected chi connectivity index (χ1v) is 19.9. The Morgan fingerprint density at radius 1 is 0.345 bits per heavy atom. The van der Waals surface area contributed by atoms with Crippen molar-refractivity contribution in [2.24, 2.45) is 0 Å². The van der Waals surface area contributed by atoms with E-state index in [4.69, 9.17) is 4.42 Å². The van der Waals surface area contributed by atoms with Gasteiger partial charge in [-0.1, -0.05) is 164 Å².